The minimum absolute atomic E-state index is 0.420. The largest absolute Gasteiger partial charge is 0.388 e. The molecule has 1 rings (SSSR count). The van der Waals surface area contributed by atoms with Crippen molar-refractivity contribution in [1.82, 2.24) is 0 Å². The zero-order valence-electron chi connectivity index (χ0n) is 8.68. The summed E-state index contributed by atoms with van der Waals surface area (Å²) in [5.74, 6) is 0. The molecule has 1 unspecified atom stereocenters. The van der Waals surface area contributed by atoms with Gasteiger partial charge in [0.15, 0.2) is 0 Å². The van der Waals surface area contributed by atoms with Crippen molar-refractivity contribution in [3.05, 3.63) is 0 Å². The molecule has 13 heavy (non-hydrogen) atoms. The summed E-state index contributed by atoms with van der Waals surface area (Å²) < 4.78 is 5.04. The summed E-state index contributed by atoms with van der Waals surface area (Å²) in [5, 5.41) is 10.3. The molecule has 1 aliphatic carbocycles. The Bertz CT molecular complexity index is 162. The molecule has 0 aromatic heterocycles. The van der Waals surface area contributed by atoms with Crippen molar-refractivity contribution in [2.24, 2.45) is 5.73 Å². The van der Waals surface area contributed by atoms with E-state index >= 15 is 0 Å². The molecule has 3 nitrogen and oxygen atoms in total. The first kappa shape index (κ1) is 11.0. The second kappa shape index (κ2) is 3.95. The topological polar surface area (TPSA) is 55.5 Å². The van der Waals surface area contributed by atoms with Crippen LogP contribution < -0.4 is 5.73 Å². The fraction of sp³-hybridized carbons (Fsp3) is 1.00. The molecular formula is C10H21NO2. The predicted molar refractivity (Wildman–Crippen MR) is 52.5 cm³/mol. The van der Waals surface area contributed by atoms with Crippen molar-refractivity contribution in [3.63, 3.8) is 0 Å². The van der Waals surface area contributed by atoms with Gasteiger partial charge >= 0.3 is 0 Å². The third-order valence-electron chi connectivity index (χ3n) is 3.19. The maximum absolute atomic E-state index is 10.3. The number of methoxy groups -OCH3 is 1. The molecule has 1 fully saturated rings. The summed E-state index contributed by atoms with van der Waals surface area (Å²) in [5.41, 5.74) is 4.73. The number of hydrogen-bond donors (Lipinski definition) is 2. The molecule has 0 bridgehead atoms. The Morgan fingerprint density at radius 2 is 1.92 bits per heavy atom. The van der Waals surface area contributed by atoms with Crippen molar-refractivity contribution in [2.45, 2.75) is 50.2 Å². The summed E-state index contributed by atoms with van der Waals surface area (Å²) >= 11 is 0. The molecular weight excluding hydrogens is 166 g/mol. The molecule has 1 atom stereocenters. The van der Waals surface area contributed by atoms with E-state index in [2.05, 4.69) is 0 Å². The van der Waals surface area contributed by atoms with E-state index in [-0.39, 0.29) is 0 Å². The van der Waals surface area contributed by atoms with Gasteiger partial charge in [-0.3, -0.25) is 0 Å². The third kappa shape index (κ3) is 2.22. The summed E-state index contributed by atoms with van der Waals surface area (Å²) in [6, 6.07) is 0. The molecule has 1 saturated carbocycles. The molecule has 0 radical (unpaired) electrons. The van der Waals surface area contributed by atoms with E-state index in [1.54, 1.807) is 7.11 Å². The van der Waals surface area contributed by atoms with Crippen LogP contribution in [0.5, 0.6) is 0 Å². The number of hydrogen-bond acceptors (Lipinski definition) is 3. The number of aliphatic hydroxyl groups is 1. The van der Waals surface area contributed by atoms with Crippen LogP contribution in [0.2, 0.25) is 0 Å². The van der Waals surface area contributed by atoms with Gasteiger partial charge in [0.1, 0.15) is 0 Å². The van der Waals surface area contributed by atoms with Crippen LogP contribution in [0.1, 0.15) is 39.0 Å². The van der Waals surface area contributed by atoms with Gasteiger partial charge < -0.3 is 15.6 Å². The second-order valence-corrected chi connectivity index (χ2v) is 4.44. The van der Waals surface area contributed by atoms with Crippen LogP contribution in [0.3, 0.4) is 0 Å². The van der Waals surface area contributed by atoms with E-state index < -0.39 is 11.1 Å². The van der Waals surface area contributed by atoms with Crippen LogP contribution in [0.25, 0.3) is 0 Å². The van der Waals surface area contributed by atoms with E-state index in [0.29, 0.717) is 6.61 Å². The highest BCUT2D eigenvalue weighted by molar-refractivity contribution is 5.01. The molecule has 3 heteroatoms. The first-order valence-electron chi connectivity index (χ1n) is 5.02. The van der Waals surface area contributed by atoms with Crippen molar-refractivity contribution in [3.8, 4) is 0 Å². The van der Waals surface area contributed by atoms with Crippen LogP contribution in [-0.2, 0) is 4.74 Å². The highest BCUT2D eigenvalue weighted by Gasteiger charge is 2.44. The fourth-order valence-electron chi connectivity index (χ4n) is 2.14. The number of ether oxygens (including phenoxy) is 1. The lowest BCUT2D eigenvalue weighted by molar-refractivity contribution is -0.0810. The Labute approximate surface area is 80.3 Å². The summed E-state index contributed by atoms with van der Waals surface area (Å²) in [4.78, 5) is 0. The van der Waals surface area contributed by atoms with Crippen LogP contribution >= 0.6 is 0 Å². The lowest BCUT2D eigenvalue weighted by Gasteiger charge is -2.44. The van der Waals surface area contributed by atoms with Crippen molar-refractivity contribution in [1.29, 1.82) is 0 Å². The molecule has 0 aliphatic heterocycles. The molecule has 0 aromatic rings. The van der Waals surface area contributed by atoms with Crippen LogP contribution in [0, 0.1) is 0 Å². The zero-order valence-corrected chi connectivity index (χ0v) is 8.68. The summed E-state index contributed by atoms with van der Waals surface area (Å²) in [6.45, 7) is 2.30. The van der Waals surface area contributed by atoms with Crippen molar-refractivity contribution >= 4 is 0 Å². The standard InChI is InChI=1S/C10H21NO2/c1-9(11,8-13-2)10(12)6-4-3-5-7-10/h12H,3-8,11H2,1-2H3. The summed E-state index contributed by atoms with van der Waals surface area (Å²) in [6.07, 6.45) is 4.98. The first-order valence-corrected chi connectivity index (χ1v) is 5.02. The second-order valence-electron chi connectivity index (χ2n) is 4.44. The number of rotatable bonds is 3. The molecule has 0 amide bonds. The Hall–Kier alpha value is -0.120. The molecule has 0 aromatic carbocycles. The minimum atomic E-state index is -0.721. The van der Waals surface area contributed by atoms with Gasteiger partial charge in [-0.1, -0.05) is 19.3 Å². The Morgan fingerprint density at radius 1 is 1.38 bits per heavy atom. The van der Waals surface area contributed by atoms with Gasteiger partial charge in [-0.25, -0.2) is 0 Å². The molecule has 3 N–H and O–H groups in total. The summed E-state index contributed by atoms with van der Waals surface area (Å²) in [7, 11) is 1.62. The maximum atomic E-state index is 10.3. The lowest BCUT2D eigenvalue weighted by Crippen LogP contribution is -2.62. The van der Waals surface area contributed by atoms with Gasteiger partial charge in [-0.2, -0.15) is 0 Å². The molecule has 78 valence electrons. The average molecular weight is 187 g/mol. The van der Waals surface area contributed by atoms with E-state index in [1.807, 2.05) is 6.92 Å². The quantitative estimate of drug-likeness (QED) is 0.694. The smallest absolute Gasteiger partial charge is 0.0846 e. The van der Waals surface area contributed by atoms with Gasteiger partial charge in [0.2, 0.25) is 0 Å². The van der Waals surface area contributed by atoms with E-state index in [0.717, 1.165) is 25.7 Å². The SMILES string of the molecule is COCC(C)(N)C1(O)CCCCC1. The normalized spacial score (nSPS) is 26.8. The van der Waals surface area contributed by atoms with E-state index in [1.165, 1.54) is 6.42 Å². The monoisotopic (exact) mass is 187 g/mol. The van der Waals surface area contributed by atoms with Crippen LogP contribution in [0.15, 0.2) is 0 Å². The Balaban J connectivity index is 2.64. The Morgan fingerprint density at radius 3 is 2.38 bits per heavy atom. The predicted octanol–water partition coefficient (Wildman–Crippen LogP) is 1.05. The maximum Gasteiger partial charge on any atom is 0.0846 e. The average Bonchev–Trinajstić information content (AvgIpc) is 2.05. The zero-order chi connectivity index (χ0) is 9.95. The fourth-order valence-corrected chi connectivity index (χ4v) is 2.14. The highest BCUT2D eigenvalue weighted by atomic mass is 16.5. The van der Waals surface area contributed by atoms with Crippen LogP contribution in [-0.4, -0.2) is 30.0 Å². The molecule has 1 aliphatic rings. The minimum Gasteiger partial charge on any atom is -0.388 e. The molecule has 0 saturated heterocycles. The van der Waals surface area contributed by atoms with Gasteiger partial charge in [0.05, 0.1) is 17.7 Å². The third-order valence-corrected chi connectivity index (χ3v) is 3.19. The van der Waals surface area contributed by atoms with Gasteiger partial charge in [0.25, 0.3) is 0 Å². The van der Waals surface area contributed by atoms with Gasteiger partial charge in [0, 0.05) is 7.11 Å². The Kier molecular flexibility index (Phi) is 3.33. The first-order chi connectivity index (χ1) is 6.02. The van der Waals surface area contributed by atoms with Crippen molar-refractivity contribution in [2.75, 3.05) is 13.7 Å². The van der Waals surface area contributed by atoms with Crippen LogP contribution in [0.4, 0.5) is 0 Å². The van der Waals surface area contributed by atoms with E-state index in [4.69, 9.17) is 10.5 Å². The van der Waals surface area contributed by atoms with Gasteiger partial charge in [-0.05, 0) is 19.8 Å². The number of nitrogens with two attached hydrogens (primary N) is 1. The highest BCUT2D eigenvalue weighted by Crippen LogP contribution is 2.35. The van der Waals surface area contributed by atoms with Crippen molar-refractivity contribution < 1.29 is 9.84 Å². The lowest BCUT2D eigenvalue weighted by atomic mass is 9.72. The molecule has 0 heterocycles. The van der Waals surface area contributed by atoms with Gasteiger partial charge in [-0.15, -0.1) is 0 Å². The molecule has 0 spiro atoms. The van der Waals surface area contributed by atoms with E-state index in [9.17, 15) is 5.11 Å².